The van der Waals surface area contributed by atoms with Crippen LogP contribution in [-0.4, -0.2) is 35.5 Å². The van der Waals surface area contributed by atoms with E-state index < -0.39 is 5.97 Å². The number of benzene rings is 1. The van der Waals surface area contributed by atoms with E-state index in [2.05, 4.69) is 0 Å². The van der Waals surface area contributed by atoms with Gasteiger partial charge in [0.15, 0.2) is 11.5 Å². The van der Waals surface area contributed by atoms with E-state index in [1.807, 2.05) is 0 Å². The Balaban J connectivity index is 2.00. The average Bonchev–Trinajstić information content (AvgIpc) is 3.02. The third-order valence-corrected chi connectivity index (χ3v) is 2.01. The highest BCUT2D eigenvalue weighted by Crippen LogP contribution is 2.25. The maximum Gasteiger partial charge on any atom is 0.338 e. The Kier molecular flexibility index (Phi) is 2.47. The second kappa shape index (κ2) is 3.78. The minimum Gasteiger partial charge on any atom is -0.504 e. The summed E-state index contributed by atoms with van der Waals surface area (Å²) in [5.74, 6) is -1.15. The van der Waals surface area contributed by atoms with Gasteiger partial charge in [-0.3, -0.25) is 0 Å². The number of ether oxygens (including phenoxy) is 2. The summed E-state index contributed by atoms with van der Waals surface area (Å²) in [6.45, 7) is 0.842. The van der Waals surface area contributed by atoms with Crippen LogP contribution in [-0.2, 0) is 9.47 Å². The van der Waals surface area contributed by atoms with Gasteiger partial charge in [-0.1, -0.05) is 0 Å². The molecule has 5 nitrogen and oxygen atoms in total. The number of phenolic OH excluding ortho intramolecular Hbond substituents is 2. The monoisotopic (exact) mass is 210 g/mol. The Morgan fingerprint density at radius 2 is 2.20 bits per heavy atom. The normalized spacial score (nSPS) is 18.5. The highest BCUT2D eigenvalue weighted by molar-refractivity contribution is 5.90. The number of hydrogen-bond acceptors (Lipinski definition) is 5. The Labute approximate surface area is 85.9 Å². The molecule has 1 aliphatic rings. The number of carbonyl (C=O) groups is 1. The molecule has 1 unspecified atom stereocenters. The number of rotatable bonds is 3. The quantitative estimate of drug-likeness (QED) is 0.435. The molecule has 80 valence electrons. The summed E-state index contributed by atoms with van der Waals surface area (Å²) < 4.78 is 9.76. The lowest BCUT2D eigenvalue weighted by Crippen LogP contribution is -2.09. The fourth-order valence-corrected chi connectivity index (χ4v) is 1.07. The molecule has 0 bridgehead atoms. The van der Waals surface area contributed by atoms with Crippen LogP contribution >= 0.6 is 0 Å². The molecule has 0 saturated carbocycles. The molecular formula is C10H10O5. The Bertz CT molecular complexity index is 383. The zero-order valence-corrected chi connectivity index (χ0v) is 7.84. The molecular weight excluding hydrogens is 200 g/mol. The van der Waals surface area contributed by atoms with Crippen molar-refractivity contribution >= 4 is 5.97 Å². The molecule has 15 heavy (non-hydrogen) atoms. The van der Waals surface area contributed by atoms with Gasteiger partial charge < -0.3 is 19.7 Å². The van der Waals surface area contributed by atoms with E-state index in [1.54, 1.807) is 0 Å². The Morgan fingerprint density at radius 3 is 2.80 bits per heavy atom. The largest absolute Gasteiger partial charge is 0.504 e. The highest BCUT2D eigenvalue weighted by Gasteiger charge is 2.24. The first-order valence-corrected chi connectivity index (χ1v) is 4.47. The number of esters is 1. The molecule has 1 atom stereocenters. The van der Waals surface area contributed by atoms with E-state index in [1.165, 1.54) is 12.1 Å². The van der Waals surface area contributed by atoms with Crippen LogP contribution in [0.15, 0.2) is 18.2 Å². The van der Waals surface area contributed by atoms with Gasteiger partial charge in [-0.05, 0) is 18.2 Å². The Hall–Kier alpha value is -1.75. The maximum absolute atomic E-state index is 11.4. The summed E-state index contributed by atoms with van der Waals surface area (Å²) >= 11 is 0. The fraction of sp³-hybridized carbons (Fsp3) is 0.300. The minimum absolute atomic E-state index is 0.0136. The minimum atomic E-state index is -0.541. The SMILES string of the molecule is O=C(OCC1CO1)c1ccc(O)c(O)c1. The van der Waals surface area contributed by atoms with E-state index in [0.29, 0.717) is 6.61 Å². The number of hydrogen-bond donors (Lipinski definition) is 2. The predicted octanol–water partition coefficient (Wildman–Crippen LogP) is 0.653. The van der Waals surface area contributed by atoms with E-state index in [9.17, 15) is 4.79 Å². The molecule has 0 spiro atoms. The van der Waals surface area contributed by atoms with Crippen molar-refractivity contribution in [2.75, 3.05) is 13.2 Å². The molecule has 1 aliphatic heterocycles. The van der Waals surface area contributed by atoms with Crippen LogP contribution < -0.4 is 0 Å². The van der Waals surface area contributed by atoms with Gasteiger partial charge in [0.2, 0.25) is 0 Å². The summed E-state index contributed by atoms with van der Waals surface area (Å²) in [6.07, 6.45) is 0.0136. The summed E-state index contributed by atoms with van der Waals surface area (Å²) in [5, 5.41) is 18.2. The van der Waals surface area contributed by atoms with Gasteiger partial charge in [0.1, 0.15) is 12.7 Å². The van der Waals surface area contributed by atoms with Crippen molar-refractivity contribution in [1.29, 1.82) is 0 Å². The van der Waals surface area contributed by atoms with Crippen LogP contribution in [0.2, 0.25) is 0 Å². The van der Waals surface area contributed by atoms with Crippen LogP contribution in [0.1, 0.15) is 10.4 Å². The molecule has 0 amide bonds. The molecule has 1 aromatic carbocycles. The van der Waals surface area contributed by atoms with Crippen molar-refractivity contribution in [2.45, 2.75) is 6.10 Å². The first kappa shape index (κ1) is 9.79. The standard InChI is InChI=1S/C10H10O5/c11-8-2-1-6(3-9(8)12)10(13)15-5-7-4-14-7/h1-3,7,11-12H,4-5H2. The van der Waals surface area contributed by atoms with Crippen molar-refractivity contribution in [3.63, 3.8) is 0 Å². The van der Waals surface area contributed by atoms with Gasteiger partial charge in [-0.25, -0.2) is 4.79 Å². The summed E-state index contributed by atoms with van der Waals surface area (Å²) in [6, 6.07) is 3.77. The van der Waals surface area contributed by atoms with Crippen molar-refractivity contribution in [2.24, 2.45) is 0 Å². The van der Waals surface area contributed by atoms with Crippen molar-refractivity contribution in [3.8, 4) is 11.5 Å². The average molecular weight is 210 g/mol. The van der Waals surface area contributed by atoms with Crippen LogP contribution in [0.3, 0.4) is 0 Å². The van der Waals surface area contributed by atoms with Crippen LogP contribution in [0.4, 0.5) is 0 Å². The van der Waals surface area contributed by atoms with E-state index in [0.717, 1.165) is 6.07 Å². The van der Waals surface area contributed by atoms with Crippen LogP contribution in [0.5, 0.6) is 11.5 Å². The molecule has 1 heterocycles. The third-order valence-electron chi connectivity index (χ3n) is 2.01. The molecule has 1 fully saturated rings. The second-order valence-electron chi connectivity index (χ2n) is 3.26. The zero-order valence-electron chi connectivity index (χ0n) is 7.84. The fourth-order valence-electron chi connectivity index (χ4n) is 1.07. The molecule has 0 aliphatic carbocycles. The molecule has 1 aromatic rings. The van der Waals surface area contributed by atoms with Crippen molar-refractivity contribution < 1.29 is 24.5 Å². The molecule has 2 N–H and O–H groups in total. The lowest BCUT2D eigenvalue weighted by molar-refractivity contribution is 0.0476. The topological polar surface area (TPSA) is 79.3 Å². The van der Waals surface area contributed by atoms with Crippen molar-refractivity contribution in [3.05, 3.63) is 23.8 Å². The Morgan fingerprint density at radius 1 is 1.47 bits per heavy atom. The van der Waals surface area contributed by atoms with E-state index in [4.69, 9.17) is 19.7 Å². The maximum atomic E-state index is 11.4. The van der Waals surface area contributed by atoms with Gasteiger partial charge in [0.05, 0.1) is 12.2 Å². The number of epoxide rings is 1. The van der Waals surface area contributed by atoms with Gasteiger partial charge >= 0.3 is 5.97 Å². The van der Waals surface area contributed by atoms with Gasteiger partial charge in [0, 0.05) is 0 Å². The smallest absolute Gasteiger partial charge is 0.338 e. The zero-order chi connectivity index (χ0) is 10.8. The molecule has 0 aromatic heterocycles. The second-order valence-corrected chi connectivity index (χ2v) is 3.26. The molecule has 5 heteroatoms. The van der Waals surface area contributed by atoms with Gasteiger partial charge in [0.25, 0.3) is 0 Å². The third kappa shape index (κ3) is 2.38. The van der Waals surface area contributed by atoms with Crippen LogP contribution in [0, 0.1) is 0 Å². The van der Waals surface area contributed by atoms with E-state index in [-0.39, 0.29) is 29.8 Å². The van der Waals surface area contributed by atoms with Crippen LogP contribution in [0.25, 0.3) is 0 Å². The number of carbonyl (C=O) groups excluding carboxylic acids is 1. The summed E-state index contributed by atoms with van der Waals surface area (Å²) in [4.78, 5) is 11.4. The molecule has 1 saturated heterocycles. The lowest BCUT2D eigenvalue weighted by Gasteiger charge is -2.03. The molecule has 2 rings (SSSR count). The first-order valence-electron chi connectivity index (χ1n) is 4.47. The van der Waals surface area contributed by atoms with Gasteiger partial charge in [-0.2, -0.15) is 0 Å². The van der Waals surface area contributed by atoms with Crippen molar-refractivity contribution in [1.82, 2.24) is 0 Å². The molecule has 0 radical (unpaired) electrons. The summed E-state index contributed by atoms with van der Waals surface area (Å²) in [5.41, 5.74) is 0.200. The predicted molar refractivity (Wildman–Crippen MR) is 49.8 cm³/mol. The highest BCUT2D eigenvalue weighted by atomic mass is 16.6. The number of aromatic hydroxyl groups is 2. The van der Waals surface area contributed by atoms with Gasteiger partial charge in [-0.15, -0.1) is 0 Å². The first-order chi connectivity index (χ1) is 7.16. The lowest BCUT2D eigenvalue weighted by atomic mass is 10.2. The number of phenols is 2. The summed E-state index contributed by atoms with van der Waals surface area (Å²) in [7, 11) is 0. The van der Waals surface area contributed by atoms with E-state index >= 15 is 0 Å².